The number of carbonyl (C=O) groups is 3. The molecule has 0 aliphatic carbocycles. The zero-order valence-corrected chi connectivity index (χ0v) is 11.8. The summed E-state index contributed by atoms with van der Waals surface area (Å²) in [7, 11) is 0. The molecule has 2 amide bonds. The van der Waals surface area contributed by atoms with Gasteiger partial charge < -0.3 is 5.32 Å². The Balaban J connectivity index is 1.97. The maximum Gasteiger partial charge on any atom is 0.260 e. The zero-order valence-electron chi connectivity index (χ0n) is 11.0. The number of amides is 2. The lowest BCUT2D eigenvalue weighted by atomic mass is 10.0. The number of Topliss-reactive ketones (excluding diaryl/α,β-unsaturated/α-hetero) is 1. The largest absolute Gasteiger partial charge is 0.304 e. The number of nitrogens with one attached hydrogen (secondary N) is 1. The fourth-order valence-electron chi connectivity index (χ4n) is 1.78. The molecule has 1 aromatic carbocycles. The molecule has 0 saturated heterocycles. The molecule has 0 aromatic heterocycles. The zero-order chi connectivity index (χ0) is 14.5. The molecule has 20 heavy (non-hydrogen) atoms. The highest BCUT2D eigenvalue weighted by Crippen LogP contribution is 2.15. The Hall–Kier alpha value is -1.95. The SMILES string of the molecule is CCC1C(=O)N=C(SCC(=O)c2ccccc2)NC1=O. The van der Waals surface area contributed by atoms with Crippen LogP contribution >= 0.6 is 11.8 Å². The Kier molecular flexibility index (Phi) is 4.68. The van der Waals surface area contributed by atoms with Crippen LogP contribution in [0.15, 0.2) is 35.3 Å². The summed E-state index contributed by atoms with van der Waals surface area (Å²) in [6.07, 6.45) is 0.426. The Morgan fingerprint density at radius 2 is 2.00 bits per heavy atom. The maximum atomic E-state index is 11.9. The van der Waals surface area contributed by atoms with E-state index < -0.39 is 11.8 Å². The summed E-state index contributed by atoms with van der Waals surface area (Å²) < 4.78 is 0. The fourth-order valence-corrected chi connectivity index (χ4v) is 2.54. The number of amidine groups is 1. The number of thioether (sulfide) groups is 1. The third kappa shape index (κ3) is 3.33. The normalized spacial score (nSPS) is 18.4. The van der Waals surface area contributed by atoms with Crippen LogP contribution in [0.2, 0.25) is 0 Å². The minimum Gasteiger partial charge on any atom is -0.304 e. The van der Waals surface area contributed by atoms with Gasteiger partial charge in [-0.05, 0) is 6.42 Å². The van der Waals surface area contributed by atoms with Crippen LogP contribution in [0, 0.1) is 5.92 Å². The molecule has 1 unspecified atom stereocenters. The number of aliphatic imine (C=N–C) groups is 1. The molecule has 1 aromatic rings. The minimum atomic E-state index is -0.704. The van der Waals surface area contributed by atoms with E-state index in [9.17, 15) is 14.4 Å². The van der Waals surface area contributed by atoms with E-state index >= 15 is 0 Å². The third-order valence-electron chi connectivity index (χ3n) is 2.90. The van der Waals surface area contributed by atoms with E-state index in [2.05, 4.69) is 10.3 Å². The minimum absolute atomic E-state index is 0.0717. The Morgan fingerprint density at radius 3 is 2.60 bits per heavy atom. The van der Waals surface area contributed by atoms with Crippen molar-refractivity contribution in [1.82, 2.24) is 5.32 Å². The highest BCUT2D eigenvalue weighted by atomic mass is 32.2. The smallest absolute Gasteiger partial charge is 0.260 e. The second kappa shape index (κ2) is 6.47. The quantitative estimate of drug-likeness (QED) is 0.675. The second-order valence-electron chi connectivity index (χ2n) is 4.28. The molecule has 1 N–H and O–H groups in total. The monoisotopic (exact) mass is 290 g/mol. The average molecular weight is 290 g/mol. The highest BCUT2D eigenvalue weighted by Gasteiger charge is 2.30. The van der Waals surface area contributed by atoms with E-state index in [4.69, 9.17) is 0 Å². The predicted octanol–water partition coefficient (Wildman–Crippen LogP) is 1.64. The van der Waals surface area contributed by atoms with Gasteiger partial charge in [-0.25, -0.2) is 0 Å². The van der Waals surface area contributed by atoms with E-state index in [1.165, 1.54) is 0 Å². The van der Waals surface area contributed by atoms with Crippen molar-refractivity contribution in [3.63, 3.8) is 0 Å². The van der Waals surface area contributed by atoms with Crippen LogP contribution in [0.1, 0.15) is 23.7 Å². The van der Waals surface area contributed by atoms with Gasteiger partial charge in [0.1, 0.15) is 5.92 Å². The molecule has 1 atom stereocenters. The standard InChI is InChI=1S/C14H14N2O3S/c1-2-10-12(18)15-14(16-13(10)19)20-8-11(17)9-6-4-3-5-7-9/h3-7,10H,2,8H2,1H3,(H,15,16,18,19). The van der Waals surface area contributed by atoms with E-state index in [1.807, 2.05) is 6.07 Å². The first-order chi connectivity index (χ1) is 9.61. The molecule has 1 aliphatic rings. The van der Waals surface area contributed by atoms with Gasteiger partial charge in [0.25, 0.3) is 5.91 Å². The van der Waals surface area contributed by atoms with Gasteiger partial charge in [0.15, 0.2) is 11.0 Å². The Bertz CT molecular complexity index is 569. The number of rotatable bonds is 4. The van der Waals surface area contributed by atoms with Crippen LogP contribution in [0.3, 0.4) is 0 Å². The summed E-state index contributed by atoms with van der Waals surface area (Å²) in [5.74, 6) is -1.43. The topological polar surface area (TPSA) is 75.6 Å². The molecule has 6 heteroatoms. The van der Waals surface area contributed by atoms with Gasteiger partial charge in [0.2, 0.25) is 5.91 Å². The molecule has 1 heterocycles. The third-order valence-corrected chi connectivity index (χ3v) is 3.77. The van der Waals surface area contributed by atoms with Gasteiger partial charge in [-0.3, -0.25) is 14.4 Å². The van der Waals surface area contributed by atoms with Gasteiger partial charge in [-0.1, -0.05) is 49.0 Å². The molecule has 0 radical (unpaired) electrons. The van der Waals surface area contributed by atoms with Crippen molar-refractivity contribution in [1.29, 1.82) is 0 Å². The molecule has 1 aliphatic heterocycles. The first kappa shape index (κ1) is 14.5. The lowest BCUT2D eigenvalue weighted by molar-refractivity contribution is -0.133. The number of carbonyl (C=O) groups excluding carboxylic acids is 3. The Labute approximate surface area is 120 Å². The first-order valence-electron chi connectivity index (χ1n) is 6.26. The van der Waals surface area contributed by atoms with Crippen LogP contribution in [0.25, 0.3) is 0 Å². The van der Waals surface area contributed by atoms with Crippen molar-refractivity contribution >= 4 is 34.5 Å². The lowest BCUT2D eigenvalue weighted by Crippen LogP contribution is -2.42. The van der Waals surface area contributed by atoms with Gasteiger partial charge in [-0.15, -0.1) is 0 Å². The van der Waals surface area contributed by atoms with Crippen molar-refractivity contribution in [3.05, 3.63) is 35.9 Å². The predicted molar refractivity (Wildman–Crippen MR) is 77.6 cm³/mol. The van der Waals surface area contributed by atoms with Gasteiger partial charge in [0.05, 0.1) is 5.75 Å². The van der Waals surface area contributed by atoms with Crippen LogP contribution in [-0.2, 0) is 9.59 Å². The highest BCUT2D eigenvalue weighted by molar-refractivity contribution is 8.14. The van der Waals surface area contributed by atoms with E-state index in [1.54, 1.807) is 31.2 Å². The van der Waals surface area contributed by atoms with Crippen LogP contribution < -0.4 is 5.32 Å². The van der Waals surface area contributed by atoms with Crippen molar-refractivity contribution in [3.8, 4) is 0 Å². The summed E-state index contributed by atoms with van der Waals surface area (Å²) in [6.45, 7) is 1.76. The van der Waals surface area contributed by atoms with E-state index in [-0.39, 0.29) is 22.6 Å². The summed E-state index contributed by atoms with van der Waals surface area (Å²) in [5.41, 5.74) is 0.598. The van der Waals surface area contributed by atoms with E-state index in [0.717, 1.165) is 11.8 Å². The molecule has 5 nitrogen and oxygen atoms in total. The molecule has 104 valence electrons. The number of ketones is 1. The number of benzene rings is 1. The van der Waals surface area contributed by atoms with Crippen LogP contribution in [0.5, 0.6) is 0 Å². The summed E-state index contributed by atoms with van der Waals surface area (Å²) in [6, 6.07) is 8.85. The summed E-state index contributed by atoms with van der Waals surface area (Å²) in [5, 5.41) is 2.76. The number of hydrogen-bond acceptors (Lipinski definition) is 4. The molecule has 0 spiro atoms. The number of hydrogen-bond donors (Lipinski definition) is 1. The summed E-state index contributed by atoms with van der Waals surface area (Å²) >= 11 is 1.07. The van der Waals surface area contributed by atoms with E-state index in [0.29, 0.717) is 12.0 Å². The second-order valence-corrected chi connectivity index (χ2v) is 5.25. The summed E-state index contributed by atoms with van der Waals surface area (Å²) in [4.78, 5) is 39.0. The Morgan fingerprint density at radius 1 is 1.30 bits per heavy atom. The molecule has 0 bridgehead atoms. The first-order valence-corrected chi connectivity index (χ1v) is 7.24. The molecule has 0 fully saturated rings. The van der Waals surface area contributed by atoms with Gasteiger partial charge >= 0.3 is 0 Å². The van der Waals surface area contributed by atoms with Crippen LogP contribution in [-0.4, -0.2) is 28.5 Å². The van der Waals surface area contributed by atoms with Crippen LogP contribution in [0.4, 0.5) is 0 Å². The van der Waals surface area contributed by atoms with Crippen molar-refractivity contribution in [2.24, 2.45) is 10.9 Å². The lowest BCUT2D eigenvalue weighted by Gasteiger charge is -2.18. The average Bonchev–Trinajstić information content (AvgIpc) is 2.45. The fraction of sp³-hybridized carbons (Fsp3) is 0.286. The molecule has 0 saturated carbocycles. The van der Waals surface area contributed by atoms with Crippen molar-refractivity contribution in [2.75, 3.05) is 5.75 Å². The van der Waals surface area contributed by atoms with Crippen molar-refractivity contribution < 1.29 is 14.4 Å². The van der Waals surface area contributed by atoms with Gasteiger partial charge in [0, 0.05) is 5.56 Å². The molecular weight excluding hydrogens is 276 g/mol. The number of nitrogens with zero attached hydrogens (tertiary/aromatic N) is 1. The van der Waals surface area contributed by atoms with Crippen molar-refractivity contribution in [2.45, 2.75) is 13.3 Å². The molecular formula is C14H14N2O3S. The maximum absolute atomic E-state index is 11.9. The van der Waals surface area contributed by atoms with Gasteiger partial charge in [-0.2, -0.15) is 4.99 Å². The molecule has 2 rings (SSSR count).